The van der Waals surface area contributed by atoms with Crippen LogP contribution in [-0.2, 0) is 9.59 Å². The van der Waals surface area contributed by atoms with Crippen molar-refractivity contribution in [1.82, 2.24) is 29.7 Å². The van der Waals surface area contributed by atoms with E-state index in [4.69, 9.17) is 4.74 Å². The number of benzene rings is 2. The molecule has 0 radical (unpaired) electrons. The van der Waals surface area contributed by atoms with Gasteiger partial charge < -0.3 is 14.5 Å². The SMILES string of the molecule is O=C1CCC(N2C(=O)c3ccc(OCCCN4C[C@@H]5CN(c6ncc(-c7ccc8c9cnccc9n(C(F)F)c8c7)cc6F)C[C@@H]5C4)cc3C2=O)C(=O)N1. The molecule has 0 bridgehead atoms. The topological polar surface area (TPSA) is 130 Å². The Bertz CT molecular complexity index is 2370. The zero-order valence-electron chi connectivity index (χ0n) is 28.9. The van der Waals surface area contributed by atoms with Gasteiger partial charge in [0.25, 0.3) is 11.8 Å². The molecule has 3 fully saturated rings. The molecule has 2 aromatic carbocycles. The van der Waals surface area contributed by atoms with Crippen molar-refractivity contribution in [3.05, 3.63) is 84.1 Å². The molecule has 4 aliphatic rings. The van der Waals surface area contributed by atoms with Gasteiger partial charge >= 0.3 is 6.55 Å². The molecule has 4 aliphatic heterocycles. The lowest BCUT2D eigenvalue weighted by atomic mass is 10.0. The lowest BCUT2D eigenvalue weighted by molar-refractivity contribution is -0.136. The number of nitrogens with one attached hydrogen (secondary N) is 1. The van der Waals surface area contributed by atoms with Crippen LogP contribution in [0.3, 0.4) is 0 Å². The number of piperidine rings is 1. The minimum atomic E-state index is -2.75. The van der Waals surface area contributed by atoms with Gasteiger partial charge in [-0.3, -0.25) is 38.9 Å². The summed E-state index contributed by atoms with van der Waals surface area (Å²) in [5.41, 5.74) is 2.20. The lowest BCUT2D eigenvalue weighted by Gasteiger charge is -2.27. The molecule has 3 saturated heterocycles. The van der Waals surface area contributed by atoms with E-state index in [-0.39, 0.29) is 29.8 Å². The fourth-order valence-corrected chi connectivity index (χ4v) is 8.57. The highest BCUT2D eigenvalue weighted by atomic mass is 19.3. The second-order valence-electron chi connectivity index (χ2n) is 14.3. The molecular formula is C39H34F3N7O5. The monoisotopic (exact) mass is 737 g/mol. The van der Waals surface area contributed by atoms with Crippen molar-refractivity contribution in [2.24, 2.45) is 11.8 Å². The summed E-state index contributed by atoms with van der Waals surface area (Å²) in [6.45, 7) is 1.51. The molecular weight excluding hydrogens is 703 g/mol. The average molecular weight is 738 g/mol. The van der Waals surface area contributed by atoms with E-state index in [1.54, 1.807) is 42.7 Å². The Morgan fingerprint density at radius 3 is 2.41 bits per heavy atom. The third-order valence-corrected chi connectivity index (χ3v) is 11.1. The minimum absolute atomic E-state index is 0.0554. The second-order valence-corrected chi connectivity index (χ2v) is 14.3. The fraction of sp³-hybridized carbons (Fsp3) is 0.333. The van der Waals surface area contributed by atoms with Crippen LogP contribution in [0.1, 0.15) is 46.5 Å². The first-order valence-electron chi connectivity index (χ1n) is 17.9. The first kappa shape index (κ1) is 34.0. The Hall–Kier alpha value is -5.83. The van der Waals surface area contributed by atoms with Crippen molar-refractivity contribution in [2.45, 2.75) is 31.9 Å². The summed E-state index contributed by atoms with van der Waals surface area (Å²) in [6.07, 6.45) is 5.53. The first-order chi connectivity index (χ1) is 26.1. The van der Waals surface area contributed by atoms with Crippen molar-refractivity contribution in [3.8, 4) is 16.9 Å². The highest BCUT2D eigenvalue weighted by Crippen LogP contribution is 2.38. The number of anilines is 1. The maximum atomic E-state index is 15.6. The van der Waals surface area contributed by atoms with E-state index in [0.29, 0.717) is 70.2 Å². The quantitative estimate of drug-likeness (QED) is 0.164. The second kappa shape index (κ2) is 13.2. The average Bonchev–Trinajstić information content (AvgIpc) is 3.88. The third-order valence-electron chi connectivity index (χ3n) is 11.1. The maximum absolute atomic E-state index is 15.6. The molecule has 3 aromatic heterocycles. The summed E-state index contributed by atoms with van der Waals surface area (Å²) in [4.78, 5) is 63.8. The molecule has 5 aromatic rings. The molecule has 1 N–H and O–H groups in total. The largest absolute Gasteiger partial charge is 0.494 e. The lowest BCUT2D eigenvalue weighted by Crippen LogP contribution is -2.54. The minimum Gasteiger partial charge on any atom is -0.494 e. The Kier molecular flexibility index (Phi) is 8.32. The van der Waals surface area contributed by atoms with Crippen LogP contribution in [0.25, 0.3) is 32.9 Å². The van der Waals surface area contributed by atoms with E-state index >= 15 is 4.39 Å². The Morgan fingerprint density at radius 2 is 1.65 bits per heavy atom. The predicted molar refractivity (Wildman–Crippen MR) is 191 cm³/mol. The number of alkyl halides is 2. The van der Waals surface area contributed by atoms with Crippen LogP contribution in [0.5, 0.6) is 5.75 Å². The molecule has 1 unspecified atom stereocenters. The number of fused-ring (bicyclic) bond motifs is 5. The van der Waals surface area contributed by atoms with Gasteiger partial charge in [0.1, 0.15) is 11.8 Å². The van der Waals surface area contributed by atoms with Gasteiger partial charge in [-0.05, 0) is 66.6 Å². The van der Waals surface area contributed by atoms with E-state index in [9.17, 15) is 28.0 Å². The Morgan fingerprint density at radius 1 is 0.852 bits per heavy atom. The number of halogens is 3. The summed E-state index contributed by atoms with van der Waals surface area (Å²) in [6, 6.07) is 11.8. The van der Waals surface area contributed by atoms with Gasteiger partial charge in [0.15, 0.2) is 11.6 Å². The molecule has 0 spiro atoms. The van der Waals surface area contributed by atoms with Crippen LogP contribution in [0.2, 0.25) is 0 Å². The molecule has 276 valence electrons. The van der Waals surface area contributed by atoms with Crippen molar-refractivity contribution in [1.29, 1.82) is 0 Å². The van der Waals surface area contributed by atoms with Crippen LogP contribution in [-0.4, -0.2) is 93.3 Å². The molecule has 54 heavy (non-hydrogen) atoms. The van der Waals surface area contributed by atoms with Gasteiger partial charge in [0.05, 0.1) is 28.8 Å². The van der Waals surface area contributed by atoms with Crippen LogP contribution in [0.15, 0.2) is 67.1 Å². The zero-order chi connectivity index (χ0) is 37.2. The van der Waals surface area contributed by atoms with Gasteiger partial charge in [-0.1, -0.05) is 12.1 Å². The van der Waals surface area contributed by atoms with E-state index in [0.717, 1.165) is 35.5 Å². The van der Waals surface area contributed by atoms with E-state index in [1.165, 1.54) is 24.4 Å². The van der Waals surface area contributed by atoms with Crippen molar-refractivity contribution < 1.29 is 37.1 Å². The predicted octanol–water partition coefficient (Wildman–Crippen LogP) is 5.02. The van der Waals surface area contributed by atoms with Crippen molar-refractivity contribution in [3.63, 3.8) is 0 Å². The standard InChI is InChI=1S/C39H34F3N7O5/c40-30-12-22(21-2-4-26-29-16-43-9-8-31(29)48(39(41)42)33(26)13-21)15-44-35(30)47-19-23-17-46(18-24(23)20-47)10-1-11-54-25-3-5-27-28(14-25)38(53)49(37(27)52)32-6-7-34(50)45-36(32)51/h2-5,8-9,12-16,23-24,32,39H,1,6-7,10-11,17-20H2,(H,45,50,51)/t23-,24+,32?. The molecule has 0 aliphatic carbocycles. The van der Waals surface area contributed by atoms with Crippen molar-refractivity contribution >= 4 is 51.3 Å². The van der Waals surface area contributed by atoms with Gasteiger partial charge in [-0.15, -0.1) is 0 Å². The van der Waals surface area contributed by atoms with E-state index in [1.807, 2.05) is 4.90 Å². The summed E-state index contributed by atoms with van der Waals surface area (Å²) >= 11 is 0. The number of amides is 4. The number of hydrogen-bond acceptors (Lipinski definition) is 9. The third kappa shape index (κ3) is 5.73. The van der Waals surface area contributed by atoms with Gasteiger partial charge in [-0.25, -0.2) is 9.37 Å². The van der Waals surface area contributed by atoms with Crippen LogP contribution >= 0.6 is 0 Å². The molecule has 4 amide bonds. The van der Waals surface area contributed by atoms with Crippen LogP contribution < -0.4 is 15.0 Å². The number of likely N-dealkylation sites (tertiary alicyclic amines) is 1. The van der Waals surface area contributed by atoms with Gasteiger partial charge in [0, 0.05) is 74.1 Å². The molecule has 12 nitrogen and oxygen atoms in total. The number of nitrogens with zero attached hydrogens (tertiary/aromatic N) is 6. The number of carbonyl (C=O) groups excluding carboxylic acids is 4. The number of carbonyl (C=O) groups is 4. The molecule has 15 heteroatoms. The smallest absolute Gasteiger partial charge is 0.319 e. The number of aromatic nitrogens is 3. The zero-order valence-corrected chi connectivity index (χ0v) is 28.9. The highest BCUT2D eigenvalue weighted by Gasteiger charge is 2.45. The summed E-state index contributed by atoms with van der Waals surface area (Å²) < 4.78 is 50.7. The Balaban J connectivity index is 0.783. The molecule has 9 rings (SSSR count). The Labute approximate surface area is 306 Å². The van der Waals surface area contributed by atoms with Gasteiger partial charge in [0.2, 0.25) is 11.8 Å². The fourth-order valence-electron chi connectivity index (χ4n) is 8.57. The van der Waals surface area contributed by atoms with Gasteiger partial charge in [-0.2, -0.15) is 8.78 Å². The summed E-state index contributed by atoms with van der Waals surface area (Å²) in [5.74, 6) is -1.23. The number of hydrogen-bond donors (Lipinski definition) is 1. The van der Waals surface area contributed by atoms with Crippen molar-refractivity contribution in [2.75, 3.05) is 44.2 Å². The number of ether oxygens (including phenoxy) is 1. The summed E-state index contributed by atoms with van der Waals surface area (Å²) in [5, 5.41) is 3.47. The first-order valence-corrected chi connectivity index (χ1v) is 17.9. The van der Waals surface area contributed by atoms with Crippen LogP contribution in [0, 0.1) is 17.7 Å². The number of imide groups is 2. The molecule has 0 saturated carbocycles. The van der Waals surface area contributed by atoms with E-state index < -0.39 is 42.0 Å². The number of rotatable bonds is 9. The molecule has 7 heterocycles. The highest BCUT2D eigenvalue weighted by molar-refractivity contribution is 6.23. The number of pyridine rings is 2. The molecule has 3 atom stereocenters. The normalized spacial score (nSPS) is 21.5. The summed E-state index contributed by atoms with van der Waals surface area (Å²) in [7, 11) is 0. The van der Waals surface area contributed by atoms with E-state index in [2.05, 4.69) is 20.2 Å². The van der Waals surface area contributed by atoms with Crippen LogP contribution in [0.4, 0.5) is 19.0 Å². The maximum Gasteiger partial charge on any atom is 0.319 e.